The zero-order chi connectivity index (χ0) is 13.4. The number of rotatable bonds is 7. The van der Waals surface area contributed by atoms with Crippen LogP contribution in [0, 0.1) is 0 Å². The summed E-state index contributed by atoms with van der Waals surface area (Å²) in [5.74, 6) is -1.23. The zero-order valence-corrected chi connectivity index (χ0v) is 11.0. The van der Waals surface area contributed by atoms with Crippen molar-refractivity contribution in [2.24, 2.45) is 0 Å². The Labute approximate surface area is 110 Å². The molecule has 0 heterocycles. The van der Waals surface area contributed by atoms with Gasteiger partial charge in [-0.15, -0.1) is 11.8 Å². The molecule has 0 spiro atoms. The van der Waals surface area contributed by atoms with Crippen LogP contribution < -0.4 is 0 Å². The first-order valence-electron chi connectivity index (χ1n) is 5.66. The maximum absolute atomic E-state index is 11.2. The lowest BCUT2D eigenvalue weighted by Gasteiger charge is -2.11. The van der Waals surface area contributed by atoms with Crippen molar-refractivity contribution in [3.63, 3.8) is 0 Å². The van der Waals surface area contributed by atoms with E-state index >= 15 is 0 Å². The Morgan fingerprint density at radius 1 is 1.33 bits per heavy atom. The third kappa shape index (κ3) is 4.79. The van der Waals surface area contributed by atoms with Crippen molar-refractivity contribution in [3.05, 3.63) is 35.9 Å². The van der Waals surface area contributed by atoms with Crippen LogP contribution in [0.15, 0.2) is 30.3 Å². The minimum absolute atomic E-state index is 0.185. The number of benzene rings is 1. The van der Waals surface area contributed by atoms with Crippen LogP contribution in [0.2, 0.25) is 0 Å². The molecule has 1 unspecified atom stereocenters. The van der Waals surface area contributed by atoms with Crippen molar-refractivity contribution in [1.82, 2.24) is 0 Å². The lowest BCUT2D eigenvalue weighted by Crippen LogP contribution is -2.16. The largest absolute Gasteiger partial charge is 0.481 e. The topological polar surface area (TPSA) is 63.6 Å². The van der Waals surface area contributed by atoms with Gasteiger partial charge in [-0.05, 0) is 12.5 Å². The molecular formula is C13H16O4S. The molecule has 1 rings (SSSR count). The Hall–Kier alpha value is -1.49. The second-order valence-electron chi connectivity index (χ2n) is 3.62. The molecule has 18 heavy (non-hydrogen) atoms. The maximum atomic E-state index is 11.2. The summed E-state index contributed by atoms with van der Waals surface area (Å²) in [4.78, 5) is 22.3. The summed E-state index contributed by atoms with van der Waals surface area (Å²) in [6.45, 7) is 2.09. The van der Waals surface area contributed by atoms with Crippen molar-refractivity contribution >= 4 is 23.7 Å². The molecule has 1 aromatic rings. The number of carbonyl (C=O) groups excluding carboxylic acids is 1. The van der Waals surface area contributed by atoms with Crippen LogP contribution in [0.25, 0.3) is 0 Å². The summed E-state index contributed by atoms with van der Waals surface area (Å²) in [6, 6.07) is 9.02. The van der Waals surface area contributed by atoms with E-state index in [2.05, 4.69) is 0 Å². The molecule has 0 aliphatic carbocycles. The van der Waals surface area contributed by atoms with Crippen LogP contribution in [0.4, 0.5) is 0 Å². The summed E-state index contributed by atoms with van der Waals surface area (Å²) in [6.07, 6.45) is 0. The van der Waals surface area contributed by atoms with Gasteiger partial charge in [-0.2, -0.15) is 0 Å². The van der Waals surface area contributed by atoms with Crippen molar-refractivity contribution in [2.75, 3.05) is 18.1 Å². The van der Waals surface area contributed by atoms with Gasteiger partial charge in [0.15, 0.2) is 0 Å². The SMILES string of the molecule is CCOC(=O)CSCC(C(=O)O)c1ccccc1. The lowest BCUT2D eigenvalue weighted by atomic mass is 10.0. The number of carboxylic acids is 1. The molecule has 1 N–H and O–H groups in total. The lowest BCUT2D eigenvalue weighted by molar-refractivity contribution is -0.140. The highest BCUT2D eigenvalue weighted by Gasteiger charge is 2.20. The minimum atomic E-state index is -0.877. The molecule has 0 saturated heterocycles. The molecular weight excluding hydrogens is 252 g/mol. The number of hydrogen-bond donors (Lipinski definition) is 1. The molecule has 0 aliphatic rings. The molecule has 5 heteroatoms. The Kier molecular flexibility index (Phi) is 6.28. The number of carboxylic acid groups (broad SMARTS) is 1. The van der Waals surface area contributed by atoms with Gasteiger partial charge in [0, 0.05) is 5.75 Å². The van der Waals surface area contributed by atoms with Gasteiger partial charge in [-0.3, -0.25) is 9.59 Å². The number of carbonyl (C=O) groups is 2. The summed E-state index contributed by atoms with van der Waals surface area (Å²) in [5, 5.41) is 9.17. The van der Waals surface area contributed by atoms with Crippen molar-refractivity contribution in [3.8, 4) is 0 Å². The van der Waals surface area contributed by atoms with Gasteiger partial charge < -0.3 is 9.84 Å². The summed E-state index contributed by atoms with van der Waals surface area (Å²) in [7, 11) is 0. The predicted molar refractivity (Wildman–Crippen MR) is 70.8 cm³/mol. The molecule has 4 nitrogen and oxygen atoms in total. The predicted octanol–water partition coefficient (Wildman–Crippen LogP) is 2.15. The fourth-order valence-electron chi connectivity index (χ4n) is 1.46. The molecule has 0 fully saturated rings. The first-order chi connectivity index (χ1) is 8.65. The van der Waals surface area contributed by atoms with E-state index in [4.69, 9.17) is 9.84 Å². The van der Waals surface area contributed by atoms with Gasteiger partial charge in [-0.25, -0.2) is 0 Å². The molecule has 0 bridgehead atoms. The molecule has 98 valence electrons. The third-order valence-corrected chi connectivity index (χ3v) is 3.32. The van der Waals surface area contributed by atoms with E-state index in [0.717, 1.165) is 5.56 Å². The average Bonchev–Trinajstić information content (AvgIpc) is 2.35. The second-order valence-corrected chi connectivity index (χ2v) is 4.65. The van der Waals surface area contributed by atoms with Crippen LogP contribution in [-0.2, 0) is 14.3 Å². The quantitative estimate of drug-likeness (QED) is 0.768. The first-order valence-corrected chi connectivity index (χ1v) is 6.81. The minimum Gasteiger partial charge on any atom is -0.481 e. The van der Waals surface area contributed by atoms with E-state index in [9.17, 15) is 9.59 Å². The fraction of sp³-hybridized carbons (Fsp3) is 0.385. The smallest absolute Gasteiger partial charge is 0.315 e. The molecule has 0 amide bonds. The Morgan fingerprint density at radius 2 is 2.00 bits per heavy atom. The van der Waals surface area contributed by atoms with Crippen molar-refractivity contribution < 1.29 is 19.4 Å². The number of aliphatic carboxylic acids is 1. The van der Waals surface area contributed by atoms with Gasteiger partial charge in [0.25, 0.3) is 0 Å². The van der Waals surface area contributed by atoms with Crippen LogP contribution in [0.1, 0.15) is 18.4 Å². The van der Waals surface area contributed by atoms with E-state index in [1.807, 2.05) is 6.07 Å². The maximum Gasteiger partial charge on any atom is 0.315 e. The van der Waals surface area contributed by atoms with Gasteiger partial charge >= 0.3 is 11.9 Å². The highest BCUT2D eigenvalue weighted by molar-refractivity contribution is 8.00. The number of ether oxygens (including phenoxy) is 1. The average molecular weight is 268 g/mol. The summed E-state index contributed by atoms with van der Waals surface area (Å²) < 4.78 is 4.78. The zero-order valence-electron chi connectivity index (χ0n) is 10.2. The molecule has 1 atom stereocenters. The Balaban J connectivity index is 2.50. The monoisotopic (exact) mass is 268 g/mol. The van der Waals surface area contributed by atoms with E-state index < -0.39 is 11.9 Å². The second kappa shape index (κ2) is 7.76. The van der Waals surface area contributed by atoms with Gasteiger partial charge in [0.1, 0.15) is 0 Å². The highest BCUT2D eigenvalue weighted by Crippen LogP contribution is 2.21. The molecule has 0 saturated carbocycles. The fourth-order valence-corrected chi connectivity index (χ4v) is 2.40. The Morgan fingerprint density at radius 3 is 2.56 bits per heavy atom. The van der Waals surface area contributed by atoms with Gasteiger partial charge in [-0.1, -0.05) is 30.3 Å². The number of esters is 1. The molecule has 0 aromatic heterocycles. The third-order valence-electron chi connectivity index (χ3n) is 2.31. The number of thioether (sulfide) groups is 1. The molecule has 0 radical (unpaired) electrons. The van der Waals surface area contributed by atoms with Crippen LogP contribution in [-0.4, -0.2) is 35.2 Å². The van der Waals surface area contributed by atoms with E-state index in [1.54, 1.807) is 31.2 Å². The molecule has 0 aliphatic heterocycles. The first kappa shape index (κ1) is 14.6. The van der Waals surface area contributed by atoms with Crippen LogP contribution in [0.5, 0.6) is 0 Å². The summed E-state index contributed by atoms with van der Waals surface area (Å²) in [5.41, 5.74) is 0.751. The standard InChI is InChI=1S/C13H16O4S/c1-2-17-12(14)9-18-8-11(13(15)16)10-6-4-3-5-7-10/h3-7,11H,2,8-9H2,1H3,(H,15,16). The van der Waals surface area contributed by atoms with E-state index in [1.165, 1.54) is 11.8 Å². The Bertz CT molecular complexity index is 391. The number of hydrogen-bond acceptors (Lipinski definition) is 4. The normalized spacial score (nSPS) is 11.8. The highest BCUT2D eigenvalue weighted by atomic mass is 32.2. The van der Waals surface area contributed by atoms with E-state index in [0.29, 0.717) is 12.4 Å². The van der Waals surface area contributed by atoms with Crippen LogP contribution in [0.3, 0.4) is 0 Å². The summed E-state index contributed by atoms with van der Waals surface area (Å²) >= 11 is 1.28. The van der Waals surface area contributed by atoms with Crippen LogP contribution >= 0.6 is 11.8 Å². The van der Waals surface area contributed by atoms with Crippen molar-refractivity contribution in [2.45, 2.75) is 12.8 Å². The van der Waals surface area contributed by atoms with Gasteiger partial charge in [0.2, 0.25) is 0 Å². The van der Waals surface area contributed by atoms with E-state index in [-0.39, 0.29) is 11.7 Å². The van der Waals surface area contributed by atoms with Crippen molar-refractivity contribution in [1.29, 1.82) is 0 Å². The van der Waals surface area contributed by atoms with Gasteiger partial charge in [0.05, 0.1) is 18.3 Å². The molecule has 1 aromatic carbocycles.